The summed E-state index contributed by atoms with van der Waals surface area (Å²) in [6, 6.07) is 5.76. The predicted molar refractivity (Wildman–Crippen MR) is 115 cm³/mol. The highest BCUT2D eigenvalue weighted by atomic mass is 32.1. The van der Waals surface area contributed by atoms with Gasteiger partial charge in [0, 0.05) is 55.3 Å². The van der Waals surface area contributed by atoms with E-state index in [2.05, 4.69) is 9.88 Å². The number of likely N-dealkylation sites (tertiary alicyclic amines) is 1. The lowest BCUT2D eigenvalue weighted by molar-refractivity contribution is -0.129. The van der Waals surface area contributed by atoms with Crippen LogP contribution in [0.3, 0.4) is 0 Å². The molecule has 0 N–H and O–H groups in total. The minimum Gasteiger partial charge on any atom is -0.490 e. The Kier molecular flexibility index (Phi) is 5.50. The molecule has 160 valence electrons. The smallest absolute Gasteiger partial charge is 0.219 e. The number of aromatic nitrogens is 1. The van der Waals surface area contributed by atoms with Crippen LogP contribution < -0.4 is 4.74 Å². The van der Waals surface area contributed by atoms with Crippen molar-refractivity contribution in [1.29, 1.82) is 0 Å². The number of ether oxygens (including phenoxy) is 1. The van der Waals surface area contributed by atoms with Crippen molar-refractivity contribution >= 4 is 17.2 Å². The summed E-state index contributed by atoms with van der Waals surface area (Å²) in [6.45, 7) is 5.26. The van der Waals surface area contributed by atoms with Crippen molar-refractivity contribution in [2.75, 3.05) is 19.6 Å². The minimum absolute atomic E-state index is 0.0711. The van der Waals surface area contributed by atoms with Crippen molar-refractivity contribution in [2.45, 2.75) is 64.1 Å². The van der Waals surface area contributed by atoms with Crippen LogP contribution in [-0.2, 0) is 17.8 Å². The lowest BCUT2D eigenvalue weighted by Gasteiger charge is -2.44. The number of rotatable bonds is 4. The molecule has 5 nitrogen and oxygen atoms in total. The lowest BCUT2D eigenvalue weighted by Crippen LogP contribution is -2.50. The van der Waals surface area contributed by atoms with Gasteiger partial charge in [-0.25, -0.2) is 9.37 Å². The lowest BCUT2D eigenvalue weighted by atomic mass is 9.86. The molecular weight excluding hydrogens is 401 g/mol. The van der Waals surface area contributed by atoms with Crippen LogP contribution in [0.4, 0.5) is 4.39 Å². The zero-order valence-electron chi connectivity index (χ0n) is 17.4. The number of hydrogen-bond donors (Lipinski definition) is 0. The Labute approximate surface area is 180 Å². The van der Waals surface area contributed by atoms with E-state index in [1.807, 2.05) is 11.0 Å². The van der Waals surface area contributed by atoms with Gasteiger partial charge in [-0.2, -0.15) is 0 Å². The van der Waals surface area contributed by atoms with Crippen LogP contribution in [0.5, 0.6) is 5.75 Å². The number of amides is 1. The summed E-state index contributed by atoms with van der Waals surface area (Å²) >= 11 is 1.48. The van der Waals surface area contributed by atoms with Crippen molar-refractivity contribution in [2.24, 2.45) is 0 Å². The number of benzene rings is 1. The van der Waals surface area contributed by atoms with Gasteiger partial charge >= 0.3 is 0 Å². The summed E-state index contributed by atoms with van der Waals surface area (Å²) in [7, 11) is 0. The number of piperidine rings is 1. The SMILES string of the molecule is CC(=O)N1CCc2nc(-c3ccc(OC4CC(N5CCCCC5)C4)cc3F)sc2C1. The highest BCUT2D eigenvalue weighted by Crippen LogP contribution is 2.36. The Balaban J connectivity index is 1.22. The Bertz CT molecular complexity index is 935. The van der Waals surface area contributed by atoms with E-state index >= 15 is 0 Å². The first-order valence-corrected chi connectivity index (χ1v) is 11.8. The second kappa shape index (κ2) is 8.27. The van der Waals surface area contributed by atoms with Crippen LogP contribution in [0.2, 0.25) is 0 Å². The molecular formula is C23H28FN3O2S. The molecule has 5 rings (SSSR count). The van der Waals surface area contributed by atoms with Crippen LogP contribution in [0.25, 0.3) is 10.6 Å². The van der Waals surface area contributed by atoms with Gasteiger partial charge in [0.25, 0.3) is 0 Å². The largest absolute Gasteiger partial charge is 0.490 e. The van der Waals surface area contributed by atoms with Gasteiger partial charge in [-0.15, -0.1) is 11.3 Å². The standard InChI is InChI=1S/C23H28FN3O2S/c1-15(28)27-10-7-21-22(14-27)30-23(25-21)19-6-5-17(13-20(19)24)29-18-11-16(12-18)26-8-3-2-4-9-26/h5-6,13,16,18H,2-4,7-12,14H2,1H3. The summed E-state index contributed by atoms with van der Waals surface area (Å²) in [6.07, 6.45) is 6.96. The van der Waals surface area contributed by atoms with Gasteiger partial charge in [0.15, 0.2) is 0 Å². The summed E-state index contributed by atoms with van der Waals surface area (Å²) < 4.78 is 20.9. The zero-order valence-corrected chi connectivity index (χ0v) is 18.2. The highest BCUT2D eigenvalue weighted by molar-refractivity contribution is 7.15. The maximum absolute atomic E-state index is 14.9. The Morgan fingerprint density at radius 2 is 2.00 bits per heavy atom. The third-order valence-corrected chi connectivity index (χ3v) is 7.74. The third kappa shape index (κ3) is 3.97. The Morgan fingerprint density at radius 3 is 2.73 bits per heavy atom. The van der Waals surface area contributed by atoms with Crippen LogP contribution in [0.1, 0.15) is 49.6 Å². The first kappa shape index (κ1) is 19.9. The van der Waals surface area contributed by atoms with Gasteiger partial charge in [0.2, 0.25) is 5.91 Å². The summed E-state index contributed by atoms with van der Waals surface area (Å²) in [4.78, 5) is 21.7. The molecule has 2 fully saturated rings. The molecule has 1 amide bonds. The van der Waals surface area contributed by atoms with Crippen LogP contribution in [0.15, 0.2) is 18.2 Å². The first-order chi connectivity index (χ1) is 14.6. The number of thiazole rings is 1. The fourth-order valence-corrected chi connectivity index (χ4v) is 5.88. The molecule has 1 aromatic carbocycles. The quantitative estimate of drug-likeness (QED) is 0.729. The van der Waals surface area contributed by atoms with E-state index in [1.165, 1.54) is 49.8 Å². The van der Waals surface area contributed by atoms with E-state index in [0.717, 1.165) is 29.8 Å². The number of carbonyl (C=O) groups is 1. The second-order valence-electron chi connectivity index (χ2n) is 8.68. The monoisotopic (exact) mass is 429 g/mol. The molecule has 2 aromatic rings. The zero-order chi connectivity index (χ0) is 20.7. The normalized spacial score (nSPS) is 24.3. The van der Waals surface area contributed by atoms with E-state index in [9.17, 15) is 9.18 Å². The van der Waals surface area contributed by atoms with Gasteiger partial charge in [-0.05, 0) is 38.1 Å². The van der Waals surface area contributed by atoms with E-state index in [0.29, 0.717) is 35.5 Å². The van der Waals surface area contributed by atoms with Gasteiger partial charge in [-0.1, -0.05) is 6.42 Å². The molecule has 1 saturated heterocycles. The number of nitrogens with zero attached hydrogens (tertiary/aromatic N) is 3. The molecule has 0 unspecified atom stereocenters. The molecule has 30 heavy (non-hydrogen) atoms. The molecule has 0 atom stereocenters. The molecule has 1 aliphatic carbocycles. The Hall–Kier alpha value is -1.99. The number of halogens is 1. The van der Waals surface area contributed by atoms with Crippen LogP contribution >= 0.6 is 11.3 Å². The summed E-state index contributed by atoms with van der Waals surface area (Å²) in [5, 5.41) is 0.684. The Morgan fingerprint density at radius 1 is 1.20 bits per heavy atom. The van der Waals surface area contributed by atoms with Crippen molar-refractivity contribution in [3.05, 3.63) is 34.6 Å². The van der Waals surface area contributed by atoms with Gasteiger partial charge < -0.3 is 14.5 Å². The minimum atomic E-state index is -0.297. The average molecular weight is 430 g/mol. The van der Waals surface area contributed by atoms with E-state index in [-0.39, 0.29) is 17.8 Å². The van der Waals surface area contributed by atoms with Crippen molar-refractivity contribution < 1.29 is 13.9 Å². The summed E-state index contributed by atoms with van der Waals surface area (Å²) in [5.74, 6) is 0.373. The molecule has 1 aromatic heterocycles. The fraction of sp³-hybridized carbons (Fsp3) is 0.565. The van der Waals surface area contributed by atoms with Crippen LogP contribution in [0, 0.1) is 5.82 Å². The molecule has 0 bridgehead atoms. The van der Waals surface area contributed by atoms with Crippen molar-refractivity contribution in [1.82, 2.24) is 14.8 Å². The van der Waals surface area contributed by atoms with Crippen LogP contribution in [-0.4, -0.2) is 52.5 Å². The summed E-state index contributed by atoms with van der Waals surface area (Å²) in [5.41, 5.74) is 1.50. The molecule has 2 aliphatic heterocycles. The second-order valence-corrected chi connectivity index (χ2v) is 9.77. The van der Waals surface area contributed by atoms with Crippen molar-refractivity contribution in [3.63, 3.8) is 0 Å². The van der Waals surface area contributed by atoms with E-state index in [1.54, 1.807) is 13.0 Å². The first-order valence-electron chi connectivity index (χ1n) is 11.0. The van der Waals surface area contributed by atoms with Gasteiger partial charge in [-0.3, -0.25) is 4.79 Å². The van der Waals surface area contributed by atoms with E-state index < -0.39 is 0 Å². The molecule has 1 saturated carbocycles. The molecule has 3 aliphatic rings. The highest BCUT2D eigenvalue weighted by Gasteiger charge is 2.35. The fourth-order valence-electron chi connectivity index (χ4n) is 4.73. The van der Waals surface area contributed by atoms with Gasteiger partial charge in [0.1, 0.15) is 22.7 Å². The third-order valence-electron chi connectivity index (χ3n) is 6.63. The maximum atomic E-state index is 14.9. The topological polar surface area (TPSA) is 45.7 Å². The number of carbonyl (C=O) groups excluding carboxylic acids is 1. The van der Waals surface area contributed by atoms with Gasteiger partial charge in [0.05, 0.1) is 12.2 Å². The molecule has 0 radical (unpaired) electrons. The maximum Gasteiger partial charge on any atom is 0.219 e. The number of fused-ring (bicyclic) bond motifs is 1. The molecule has 3 heterocycles. The van der Waals surface area contributed by atoms with E-state index in [4.69, 9.17) is 4.74 Å². The average Bonchev–Trinajstić information content (AvgIpc) is 3.14. The molecule has 7 heteroatoms. The van der Waals surface area contributed by atoms with Crippen molar-refractivity contribution in [3.8, 4) is 16.3 Å². The molecule has 0 spiro atoms. The number of hydrogen-bond acceptors (Lipinski definition) is 5. The predicted octanol–water partition coefficient (Wildman–Crippen LogP) is 4.25.